The zero-order valence-electron chi connectivity index (χ0n) is 17.2. The number of aliphatic imine (C=N–C) groups is 1. The van der Waals surface area contributed by atoms with Crippen molar-refractivity contribution in [3.05, 3.63) is 0 Å². The normalized spacial score (nSPS) is 18.6. The maximum absolute atomic E-state index is 5.82. The van der Waals surface area contributed by atoms with Crippen LogP contribution in [-0.4, -0.2) is 52.0 Å². The minimum absolute atomic E-state index is 0.308. The van der Waals surface area contributed by atoms with Crippen molar-refractivity contribution in [3.8, 4) is 0 Å². The summed E-state index contributed by atoms with van der Waals surface area (Å²) in [5.74, 6) is 1.44. The number of nitrogens with zero attached hydrogens (tertiary/aromatic N) is 1. The molecule has 0 aliphatic heterocycles. The van der Waals surface area contributed by atoms with Crippen LogP contribution in [0.15, 0.2) is 4.99 Å². The standard InChI is InChI=1S/C20H41N3O2/c1-6-24-15-13-20(11-8-9-12-20)16-23-19(21-5)22-14-10-18(17(3)4)25-7-2/h17-18H,6-16H2,1-5H3,(H2,21,22,23). The zero-order chi connectivity index (χ0) is 18.5. The van der Waals surface area contributed by atoms with E-state index in [0.29, 0.717) is 17.4 Å². The van der Waals surface area contributed by atoms with Crippen molar-refractivity contribution >= 4 is 5.96 Å². The second-order valence-electron chi connectivity index (χ2n) is 7.53. The molecule has 1 saturated carbocycles. The average Bonchev–Trinajstić information content (AvgIpc) is 3.06. The fraction of sp³-hybridized carbons (Fsp3) is 0.950. The first-order chi connectivity index (χ1) is 12.1. The minimum atomic E-state index is 0.308. The van der Waals surface area contributed by atoms with Crippen LogP contribution < -0.4 is 10.6 Å². The molecule has 1 fully saturated rings. The van der Waals surface area contributed by atoms with Gasteiger partial charge in [0.2, 0.25) is 0 Å². The summed E-state index contributed by atoms with van der Waals surface area (Å²) in [5.41, 5.74) is 0.374. The molecule has 5 nitrogen and oxygen atoms in total. The van der Waals surface area contributed by atoms with Crippen molar-refractivity contribution in [1.82, 2.24) is 10.6 Å². The fourth-order valence-electron chi connectivity index (χ4n) is 3.72. The highest BCUT2D eigenvalue weighted by Crippen LogP contribution is 2.40. The van der Waals surface area contributed by atoms with Crippen molar-refractivity contribution in [2.24, 2.45) is 16.3 Å². The van der Waals surface area contributed by atoms with Gasteiger partial charge in [-0.2, -0.15) is 0 Å². The molecule has 5 heteroatoms. The third-order valence-electron chi connectivity index (χ3n) is 5.35. The first-order valence-corrected chi connectivity index (χ1v) is 10.2. The molecule has 0 spiro atoms. The van der Waals surface area contributed by atoms with E-state index in [9.17, 15) is 0 Å². The van der Waals surface area contributed by atoms with Crippen molar-refractivity contribution in [2.75, 3.05) is 40.0 Å². The lowest BCUT2D eigenvalue weighted by molar-refractivity contribution is 0.0258. The molecule has 0 aromatic carbocycles. The summed E-state index contributed by atoms with van der Waals surface area (Å²) in [4.78, 5) is 4.39. The van der Waals surface area contributed by atoms with E-state index < -0.39 is 0 Å². The maximum Gasteiger partial charge on any atom is 0.190 e. The topological polar surface area (TPSA) is 54.9 Å². The largest absolute Gasteiger partial charge is 0.382 e. The highest BCUT2D eigenvalue weighted by Gasteiger charge is 2.33. The van der Waals surface area contributed by atoms with Crippen LogP contribution in [0.3, 0.4) is 0 Å². The molecule has 1 aliphatic rings. The van der Waals surface area contributed by atoms with E-state index in [-0.39, 0.29) is 0 Å². The summed E-state index contributed by atoms with van der Waals surface area (Å²) in [5, 5.41) is 7.01. The first-order valence-electron chi connectivity index (χ1n) is 10.2. The van der Waals surface area contributed by atoms with E-state index in [1.54, 1.807) is 0 Å². The summed E-state index contributed by atoms with van der Waals surface area (Å²) in [6, 6.07) is 0. The Labute approximate surface area is 155 Å². The molecular weight excluding hydrogens is 314 g/mol. The molecule has 0 aromatic heterocycles. The Bertz CT molecular complexity index is 366. The highest BCUT2D eigenvalue weighted by molar-refractivity contribution is 5.79. The Kier molecular flexibility index (Phi) is 11.1. The molecule has 0 bridgehead atoms. The van der Waals surface area contributed by atoms with Gasteiger partial charge in [0, 0.05) is 40.0 Å². The predicted octanol–water partition coefficient (Wildman–Crippen LogP) is 3.59. The smallest absolute Gasteiger partial charge is 0.190 e. The molecular formula is C20H41N3O2. The predicted molar refractivity (Wildman–Crippen MR) is 106 cm³/mol. The minimum Gasteiger partial charge on any atom is -0.382 e. The lowest BCUT2D eigenvalue weighted by Gasteiger charge is -2.30. The maximum atomic E-state index is 5.82. The van der Waals surface area contributed by atoms with E-state index >= 15 is 0 Å². The molecule has 1 aliphatic carbocycles. The SMILES string of the molecule is CCOCCC1(CNC(=NC)NCCC(OCC)C(C)C)CCCC1. The van der Waals surface area contributed by atoms with Gasteiger partial charge in [-0.25, -0.2) is 0 Å². The number of rotatable bonds is 12. The third-order valence-corrected chi connectivity index (χ3v) is 5.35. The number of nitrogens with one attached hydrogen (secondary N) is 2. The second-order valence-corrected chi connectivity index (χ2v) is 7.53. The molecule has 0 heterocycles. The molecule has 25 heavy (non-hydrogen) atoms. The van der Waals surface area contributed by atoms with Gasteiger partial charge in [0.25, 0.3) is 0 Å². The Hall–Kier alpha value is -0.810. The zero-order valence-corrected chi connectivity index (χ0v) is 17.2. The van der Waals surface area contributed by atoms with Crippen molar-refractivity contribution < 1.29 is 9.47 Å². The Morgan fingerprint density at radius 1 is 1.12 bits per heavy atom. The van der Waals surface area contributed by atoms with Crippen molar-refractivity contribution in [3.63, 3.8) is 0 Å². The quantitative estimate of drug-likeness (QED) is 0.319. The molecule has 0 aromatic rings. The third kappa shape index (κ3) is 8.41. The average molecular weight is 356 g/mol. The molecule has 1 unspecified atom stereocenters. The Balaban J connectivity index is 2.39. The van der Waals surface area contributed by atoms with Gasteiger partial charge in [0.1, 0.15) is 0 Å². The molecule has 1 rings (SSSR count). The molecule has 1 atom stereocenters. The van der Waals surface area contributed by atoms with Gasteiger partial charge in [-0.15, -0.1) is 0 Å². The van der Waals surface area contributed by atoms with E-state index in [2.05, 4.69) is 43.3 Å². The Morgan fingerprint density at radius 3 is 2.40 bits per heavy atom. The lowest BCUT2D eigenvalue weighted by atomic mass is 9.83. The van der Waals surface area contributed by atoms with E-state index in [4.69, 9.17) is 9.47 Å². The van der Waals surface area contributed by atoms with Crippen LogP contribution in [0.4, 0.5) is 0 Å². The highest BCUT2D eigenvalue weighted by atomic mass is 16.5. The second kappa shape index (κ2) is 12.5. The van der Waals surface area contributed by atoms with E-state index in [1.807, 2.05) is 7.05 Å². The van der Waals surface area contributed by atoms with Crippen molar-refractivity contribution in [1.29, 1.82) is 0 Å². The summed E-state index contributed by atoms with van der Waals surface area (Å²) < 4.78 is 11.4. The van der Waals surface area contributed by atoms with E-state index in [1.165, 1.54) is 25.7 Å². The summed E-state index contributed by atoms with van der Waals surface area (Å²) >= 11 is 0. The van der Waals surface area contributed by atoms with Crippen molar-refractivity contribution in [2.45, 2.75) is 72.3 Å². The summed E-state index contributed by atoms with van der Waals surface area (Å²) in [6.07, 6.45) is 7.72. The number of hydrogen-bond donors (Lipinski definition) is 2. The van der Waals surface area contributed by atoms with Crippen LogP contribution in [0.5, 0.6) is 0 Å². The van der Waals surface area contributed by atoms with Crippen LogP contribution in [0, 0.1) is 11.3 Å². The molecule has 2 N–H and O–H groups in total. The molecule has 0 radical (unpaired) electrons. The van der Waals surface area contributed by atoms with Gasteiger partial charge in [0.15, 0.2) is 5.96 Å². The van der Waals surface area contributed by atoms with Crippen LogP contribution in [0.2, 0.25) is 0 Å². The van der Waals surface area contributed by atoms with E-state index in [0.717, 1.165) is 51.7 Å². The van der Waals surface area contributed by atoms with Crippen LogP contribution in [-0.2, 0) is 9.47 Å². The Morgan fingerprint density at radius 2 is 1.84 bits per heavy atom. The van der Waals surface area contributed by atoms with Crippen LogP contribution in [0.25, 0.3) is 0 Å². The molecule has 0 amide bonds. The lowest BCUT2D eigenvalue weighted by Crippen LogP contribution is -2.44. The van der Waals surface area contributed by atoms with Gasteiger partial charge < -0.3 is 20.1 Å². The molecule has 0 saturated heterocycles. The first kappa shape index (κ1) is 22.2. The number of guanidine groups is 1. The monoisotopic (exact) mass is 355 g/mol. The van der Waals surface area contributed by atoms with Gasteiger partial charge in [-0.1, -0.05) is 26.7 Å². The fourth-order valence-corrected chi connectivity index (χ4v) is 3.72. The van der Waals surface area contributed by atoms with Gasteiger partial charge >= 0.3 is 0 Å². The molecule has 148 valence electrons. The van der Waals surface area contributed by atoms with Gasteiger partial charge in [-0.05, 0) is 50.9 Å². The van der Waals surface area contributed by atoms with Crippen LogP contribution in [0.1, 0.15) is 66.2 Å². The summed E-state index contributed by atoms with van der Waals surface area (Å²) in [7, 11) is 1.85. The van der Waals surface area contributed by atoms with Gasteiger partial charge in [0.05, 0.1) is 6.10 Å². The number of hydrogen-bond acceptors (Lipinski definition) is 3. The van der Waals surface area contributed by atoms with Crippen LogP contribution >= 0.6 is 0 Å². The number of ether oxygens (including phenoxy) is 2. The summed E-state index contributed by atoms with van der Waals surface area (Å²) in [6.45, 7) is 12.9. The van der Waals surface area contributed by atoms with Gasteiger partial charge in [-0.3, -0.25) is 4.99 Å².